The lowest BCUT2D eigenvalue weighted by molar-refractivity contribution is 0.155. The summed E-state index contributed by atoms with van der Waals surface area (Å²) in [6, 6.07) is 0. The van der Waals surface area contributed by atoms with Gasteiger partial charge in [-0.05, 0) is 50.9 Å². The SMILES string of the molecule is C=CCCC(O)CC1=C(C)CCCC1(C)C. The van der Waals surface area contributed by atoms with Crippen molar-refractivity contribution in [1.29, 1.82) is 0 Å². The van der Waals surface area contributed by atoms with Gasteiger partial charge >= 0.3 is 0 Å². The summed E-state index contributed by atoms with van der Waals surface area (Å²) >= 11 is 0. The van der Waals surface area contributed by atoms with E-state index < -0.39 is 0 Å². The Kier molecular flexibility index (Phi) is 4.79. The summed E-state index contributed by atoms with van der Waals surface area (Å²) in [6.45, 7) is 10.6. The molecule has 0 aromatic carbocycles. The third kappa shape index (κ3) is 3.48. The van der Waals surface area contributed by atoms with E-state index in [0.717, 1.165) is 19.3 Å². The molecule has 1 aliphatic carbocycles. The summed E-state index contributed by atoms with van der Waals surface area (Å²) in [5.74, 6) is 0. The fourth-order valence-electron chi connectivity index (χ4n) is 2.77. The molecule has 1 atom stereocenters. The average molecular weight is 222 g/mol. The van der Waals surface area contributed by atoms with Gasteiger partial charge in [0.25, 0.3) is 0 Å². The maximum atomic E-state index is 10.0. The van der Waals surface area contributed by atoms with Crippen molar-refractivity contribution >= 4 is 0 Å². The molecule has 0 aliphatic heterocycles. The summed E-state index contributed by atoms with van der Waals surface area (Å²) < 4.78 is 0. The van der Waals surface area contributed by atoms with Crippen LogP contribution in [0.4, 0.5) is 0 Å². The number of rotatable bonds is 5. The summed E-state index contributed by atoms with van der Waals surface area (Å²) in [5.41, 5.74) is 3.29. The van der Waals surface area contributed by atoms with Gasteiger partial charge in [0.05, 0.1) is 6.10 Å². The first kappa shape index (κ1) is 13.5. The summed E-state index contributed by atoms with van der Waals surface area (Å²) in [6.07, 6.45) is 8.07. The van der Waals surface area contributed by atoms with E-state index in [0.29, 0.717) is 0 Å². The molecule has 0 amide bonds. The van der Waals surface area contributed by atoms with Crippen molar-refractivity contribution in [2.24, 2.45) is 5.41 Å². The molecule has 16 heavy (non-hydrogen) atoms. The first-order chi connectivity index (χ1) is 7.47. The predicted octanol–water partition coefficient (Wildman–Crippen LogP) is 4.23. The van der Waals surface area contributed by atoms with Crippen LogP contribution in [0.15, 0.2) is 23.8 Å². The van der Waals surface area contributed by atoms with Crippen LogP contribution in [-0.4, -0.2) is 11.2 Å². The number of aliphatic hydroxyl groups excluding tert-OH is 1. The van der Waals surface area contributed by atoms with Gasteiger partial charge in [-0.3, -0.25) is 0 Å². The third-order valence-electron chi connectivity index (χ3n) is 3.83. The zero-order valence-corrected chi connectivity index (χ0v) is 11.1. The van der Waals surface area contributed by atoms with Crippen LogP contribution >= 0.6 is 0 Å². The molecular weight excluding hydrogens is 196 g/mol. The van der Waals surface area contributed by atoms with Crippen LogP contribution in [0.2, 0.25) is 0 Å². The maximum Gasteiger partial charge on any atom is 0.0580 e. The van der Waals surface area contributed by atoms with Crippen LogP contribution < -0.4 is 0 Å². The monoisotopic (exact) mass is 222 g/mol. The largest absolute Gasteiger partial charge is 0.393 e. The standard InChI is InChI=1S/C15H26O/c1-5-6-9-13(16)11-14-12(2)8-7-10-15(14,3)4/h5,13,16H,1,6-11H2,2-4H3. The average Bonchev–Trinajstić information content (AvgIpc) is 2.20. The summed E-state index contributed by atoms with van der Waals surface area (Å²) in [7, 11) is 0. The normalized spacial score (nSPS) is 22.0. The third-order valence-corrected chi connectivity index (χ3v) is 3.83. The van der Waals surface area contributed by atoms with Gasteiger partial charge in [-0.2, -0.15) is 0 Å². The number of allylic oxidation sites excluding steroid dienone is 2. The minimum atomic E-state index is -0.194. The van der Waals surface area contributed by atoms with E-state index in [-0.39, 0.29) is 11.5 Å². The Morgan fingerprint density at radius 3 is 2.75 bits per heavy atom. The van der Waals surface area contributed by atoms with Gasteiger partial charge in [0, 0.05) is 0 Å². The van der Waals surface area contributed by atoms with Gasteiger partial charge in [0.2, 0.25) is 0 Å². The Morgan fingerprint density at radius 1 is 1.50 bits per heavy atom. The molecule has 0 heterocycles. The number of hydrogen-bond donors (Lipinski definition) is 1. The Balaban J connectivity index is 2.65. The van der Waals surface area contributed by atoms with E-state index >= 15 is 0 Å². The minimum absolute atomic E-state index is 0.194. The lowest BCUT2D eigenvalue weighted by Crippen LogP contribution is -2.24. The van der Waals surface area contributed by atoms with E-state index in [1.165, 1.54) is 30.4 Å². The molecule has 1 nitrogen and oxygen atoms in total. The Labute approximate surface area is 100 Å². The van der Waals surface area contributed by atoms with Crippen molar-refractivity contribution < 1.29 is 5.11 Å². The molecule has 0 saturated carbocycles. The second kappa shape index (κ2) is 5.67. The molecule has 1 heteroatoms. The highest BCUT2D eigenvalue weighted by Crippen LogP contribution is 2.42. The van der Waals surface area contributed by atoms with Crippen LogP contribution in [0, 0.1) is 5.41 Å². The van der Waals surface area contributed by atoms with Gasteiger partial charge in [0.15, 0.2) is 0 Å². The van der Waals surface area contributed by atoms with E-state index in [4.69, 9.17) is 0 Å². The van der Waals surface area contributed by atoms with Crippen molar-refractivity contribution in [2.45, 2.75) is 65.4 Å². The molecule has 0 radical (unpaired) electrons. The minimum Gasteiger partial charge on any atom is -0.393 e. The maximum absolute atomic E-state index is 10.0. The first-order valence-electron chi connectivity index (χ1n) is 6.45. The quantitative estimate of drug-likeness (QED) is 0.690. The topological polar surface area (TPSA) is 20.2 Å². The Morgan fingerprint density at radius 2 is 2.19 bits per heavy atom. The van der Waals surface area contributed by atoms with Crippen molar-refractivity contribution in [1.82, 2.24) is 0 Å². The highest BCUT2D eigenvalue weighted by Gasteiger charge is 2.29. The second-order valence-electron chi connectivity index (χ2n) is 5.72. The molecule has 1 rings (SSSR count). The lowest BCUT2D eigenvalue weighted by Gasteiger charge is -2.35. The zero-order chi connectivity index (χ0) is 12.2. The summed E-state index contributed by atoms with van der Waals surface area (Å²) in [5, 5.41) is 10.0. The zero-order valence-electron chi connectivity index (χ0n) is 11.1. The number of hydrogen-bond acceptors (Lipinski definition) is 1. The molecule has 92 valence electrons. The van der Waals surface area contributed by atoms with E-state index in [9.17, 15) is 5.11 Å². The van der Waals surface area contributed by atoms with Gasteiger partial charge in [-0.25, -0.2) is 0 Å². The van der Waals surface area contributed by atoms with Gasteiger partial charge in [-0.15, -0.1) is 6.58 Å². The molecular formula is C15H26O. The molecule has 0 spiro atoms. The molecule has 0 aromatic heterocycles. The molecule has 1 unspecified atom stereocenters. The van der Waals surface area contributed by atoms with Gasteiger partial charge < -0.3 is 5.11 Å². The van der Waals surface area contributed by atoms with Crippen molar-refractivity contribution in [3.63, 3.8) is 0 Å². The molecule has 0 bridgehead atoms. The van der Waals surface area contributed by atoms with Crippen LogP contribution in [0.25, 0.3) is 0 Å². The first-order valence-corrected chi connectivity index (χ1v) is 6.45. The molecule has 0 fully saturated rings. The Bertz CT molecular complexity index is 273. The van der Waals surface area contributed by atoms with Crippen molar-refractivity contribution in [3.8, 4) is 0 Å². The molecule has 1 N–H and O–H groups in total. The van der Waals surface area contributed by atoms with E-state index in [2.05, 4.69) is 27.4 Å². The van der Waals surface area contributed by atoms with E-state index in [1.54, 1.807) is 0 Å². The molecule has 0 saturated heterocycles. The molecule has 0 aromatic rings. The highest BCUT2D eigenvalue weighted by molar-refractivity contribution is 5.23. The Hall–Kier alpha value is -0.560. The van der Waals surface area contributed by atoms with Crippen LogP contribution in [0.1, 0.15) is 59.3 Å². The van der Waals surface area contributed by atoms with Gasteiger partial charge in [-0.1, -0.05) is 31.1 Å². The predicted molar refractivity (Wildman–Crippen MR) is 70.4 cm³/mol. The van der Waals surface area contributed by atoms with Crippen molar-refractivity contribution in [2.75, 3.05) is 0 Å². The van der Waals surface area contributed by atoms with Crippen LogP contribution in [0.5, 0.6) is 0 Å². The van der Waals surface area contributed by atoms with Gasteiger partial charge in [0.1, 0.15) is 0 Å². The lowest BCUT2D eigenvalue weighted by atomic mass is 9.71. The number of aliphatic hydroxyl groups is 1. The van der Waals surface area contributed by atoms with Crippen LogP contribution in [-0.2, 0) is 0 Å². The van der Waals surface area contributed by atoms with Crippen LogP contribution in [0.3, 0.4) is 0 Å². The van der Waals surface area contributed by atoms with Crippen molar-refractivity contribution in [3.05, 3.63) is 23.8 Å². The fraction of sp³-hybridized carbons (Fsp3) is 0.733. The fourth-order valence-corrected chi connectivity index (χ4v) is 2.77. The summed E-state index contributed by atoms with van der Waals surface area (Å²) in [4.78, 5) is 0. The highest BCUT2D eigenvalue weighted by atomic mass is 16.3. The second-order valence-corrected chi connectivity index (χ2v) is 5.72. The molecule has 1 aliphatic rings. The van der Waals surface area contributed by atoms with E-state index in [1.807, 2.05) is 6.08 Å². The smallest absolute Gasteiger partial charge is 0.0580 e.